The maximum atomic E-state index is 5.00. The van der Waals surface area contributed by atoms with Gasteiger partial charge in [0.05, 0.1) is 0 Å². The monoisotopic (exact) mass is 251 g/mol. The van der Waals surface area contributed by atoms with Gasteiger partial charge >= 0.3 is 18.9 Å². The van der Waals surface area contributed by atoms with Crippen molar-refractivity contribution < 1.29 is 18.9 Å². The average Bonchev–Trinajstić information content (AvgIpc) is 2.40. The average molecular weight is 251 g/mol. The molecule has 2 saturated carbocycles. The molecule has 0 bridgehead atoms. The topological polar surface area (TPSA) is 14.1 Å². The van der Waals surface area contributed by atoms with Gasteiger partial charge in [0, 0.05) is 0 Å². The van der Waals surface area contributed by atoms with Gasteiger partial charge in [-0.15, -0.1) is 11.7 Å². The Morgan fingerprint density at radius 2 is 1.89 bits per heavy atom. The van der Waals surface area contributed by atoms with Gasteiger partial charge in [0.25, 0.3) is 0 Å². The Kier molecular flexibility index (Phi) is 5.27. The molecule has 3 aliphatic carbocycles. The van der Waals surface area contributed by atoms with Crippen molar-refractivity contribution in [2.75, 3.05) is 0 Å². The molecule has 3 rings (SSSR count). The maximum Gasteiger partial charge on any atom is 1.00 e. The van der Waals surface area contributed by atoms with Crippen molar-refractivity contribution >= 4 is 0 Å². The van der Waals surface area contributed by atoms with Crippen molar-refractivity contribution in [2.24, 2.45) is 5.41 Å². The Balaban J connectivity index is 0.00000133. The third kappa shape index (κ3) is 3.50. The first-order chi connectivity index (χ1) is 8.76. The predicted molar refractivity (Wildman–Crippen MR) is 77.6 cm³/mol. The number of hydrogen-bond donors (Lipinski definition) is 0. The van der Waals surface area contributed by atoms with E-state index in [2.05, 4.69) is 19.1 Å². The van der Waals surface area contributed by atoms with Crippen LogP contribution in [0.5, 0.6) is 0 Å². The fourth-order valence-electron chi connectivity index (χ4n) is 3.85. The van der Waals surface area contributed by atoms with E-state index in [0.29, 0.717) is 11.5 Å². The minimum atomic E-state index is 0. The van der Waals surface area contributed by atoms with Gasteiger partial charge < -0.3 is 5.32 Å². The van der Waals surface area contributed by atoms with E-state index in [9.17, 15) is 0 Å². The van der Waals surface area contributed by atoms with Crippen LogP contribution in [0.2, 0.25) is 0 Å². The molecule has 0 saturated heterocycles. The van der Waals surface area contributed by atoms with E-state index in [0.717, 1.165) is 0 Å². The number of fused-ring (bicyclic) bond motifs is 1. The SMILES string of the molecule is CC12CC=C([N-]C3CCCCC3)C=C1CCCC2.[Li+]. The van der Waals surface area contributed by atoms with Crippen LogP contribution in [0.15, 0.2) is 23.4 Å². The number of rotatable bonds is 2. The molecule has 1 atom stereocenters. The van der Waals surface area contributed by atoms with Crippen LogP contribution >= 0.6 is 0 Å². The molecule has 0 amide bonds. The normalized spacial score (nSPS) is 31.6. The van der Waals surface area contributed by atoms with Crippen LogP contribution < -0.4 is 18.9 Å². The van der Waals surface area contributed by atoms with Gasteiger partial charge in [-0.2, -0.15) is 0 Å². The number of allylic oxidation sites excluding steroid dienone is 3. The molecule has 19 heavy (non-hydrogen) atoms. The molecule has 2 heteroatoms. The summed E-state index contributed by atoms with van der Waals surface area (Å²) < 4.78 is 0. The molecule has 0 aromatic rings. The van der Waals surface area contributed by atoms with Crippen molar-refractivity contribution in [3.05, 3.63) is 28.7 Å². The molecular weight excluding hydrogens is 225 g/mol. The van der Waals surface area contributed by atoms with Gasteiger partial charge in [0.1, 0.15) is 0 Å². The summed E-state index contributed by atoms with van der Waals surface area (Å²) in [6.45, 7) is 2.45. The molecule has 0 heterocycles. The molecule has 1 unspecified atom stereocenters. The molecule has 1 nitrogen and oxygen atoms in total. The van der Waals surface area contributed by atoms with Gasteiger partial charge in [-0.25, -0.2) is 0 Å². The van der Waals surface area contributed by atoms with Crippen LogP contribution in [-0.2, 0) is 0 Å². The summed E-state index contributed by atoms with van der Waals surface area (Å²) in [7, 11) is 0. The second kappa shape index (κ2) is 6.55. The van der Waals surface area contributed by atoms with Crippen molar-refractivity contribution in [3.8, 4) is 0 Å². The first-order valence-electron chi connectivity index (χ1n) is 7.88. The number of hydrogen-bond acceptors (Lipinski definition) is 0. The maximum absolute atomic E-state index is 5.00. The van der Waals surface area contributed by atoms with Crippen molar-refractivity contribution in [1.82, 2.24) is 0 Å². The molecule has 3 aliphatic rings. The molecule has 0 spiro atoms. The summed E-state index contributed by atoms with van der Waals surface area (Å²) in [5, 5.41) is 5.00. The summed E-state index contributed by atoms with van der Waals surface area (Å²) in [6, 6.07) is 0.620. The third-order valence-electron chi connectivity index (χ3n) is 5.19. The largest absolute Gasteiger partial charge is 1.00 e. The van der Waals surface area contributed by atoms with E-state index in [1.54, 1.807) is 5.57 Å². The minimum Gasteiger partial charge on any atom is -0.682 e. The molecule has 100 valence electrons. The minimum absolute atomic E-state index is 0. The molecule has 0 aliphatic heterocycles. The summed E-state index contributed by atoms with van der Waals surface area (Å²) >= 11 is 0. The summed E-state index contributed by atoms with van der Waals surface area (Å²) in [6.07, 6.45) is 18.4. The molecule has 2 fully saturated rings. The van der Waals surface area contributed by atoms with E-state index in [1.807, 2.05) is 0 Å². The predicted octanol–water partition coefficient (Wildman–Crippen LogP) is 2.49. The van der Waals surface area contributed by atoms with Crippen LogP contribution in [0.25, 0.3) is 5.32 Å². The zero-order valence-electron chi connectivity index (χ0n) is 12.8. The van der Waals surface area contributed by atoms with Gasteiger partial charge in [-0.3, -0.25) is 0 Å². The van der Waals surface area contributed by atoms with Gasteiger partial charge in [0.2, 0.25) is 0 Å². The molecule has 0 radical (unpaired) electrons. The second-order valence-corrected chi connectivity index (χ2v) is 6.69. The van der Waals surface area contributed by atoms with Crippen LogP contribution in [-0.4, -0.2) is 6.04 Å². The smallest absolute Gasteiger partial charge is 0.682 e. The van der Waals surface area contributed by atoms with E-state index < -0.39 is 0 Å². The van der Waals surface area contributed by atoms with E-state index in [-0.39, 0.29) is 18.9 Å². The zero-order chi connectivity index (χ0) is 12.4. The third-order valence-corrected chi connectivity index (χ3v) is 5.19. The Hall–Kier alpha value is -0.123. The standard InChI is InChI=1S/C17H26N.Li/c1-17-11-6-5-7-14(17)13-16(10-12-17)18-15-8-3-2-4-9-15;/h10,13,15H,2-9,11-12H2,1H3;/q-1;+1. The second-order valence-electron chi connectivity index (χ2n) is 6.69. The Labute approximate surface area is 130 Å². The molecular formula is C17H26LiN. The van der Waals surface area contributed by atoms with Gasteiger partial charge in [0.15, 0.2) is 0 Å². The van der Waals surface area contributed by atoms with Gasteiger partial charge in [-0.1, -0.05) is 63.2 Å². The van der Waals surface area contributed by atoms with E-state index >= 15 is 0 Å². The molecule has 0 N–H and O–H groups in total. The fourth-order valence-corrected chi connectivity index (χ4v) is 3.85. The summed E-state index contributed by atoms with van der Waals surface area (Å²) in [5.74, 6) is 0. The van der Waals surface area contributed by atoms with Crippen LogP contribution in [0.3, 0.4) is 0 Å². The van der Waals surface area contributed by atoms with Gasteiger partial charge in [-0.05, 0) is 31.1 Å². The van der Waals surface area contributed by atoms with Crippen molar-refractivity contribution in [2.45, 2.75) is 77.2 Å². The zero-order valence-corrected chi connectivity index (χ0v) is 12.8. The van der Waals surface area contributed by atoms with E-state index in [1.165, 1.54) is 69.9 Å². The van der Waals surface area contributed by atoms with Crippen LogP contribution in [0.4, 0.5) is 0 Å². The number of nitrogens with zero attached hydrogens (tertiary/aromatic N) is 1. The Morgan fingerprint density at radius 3 is 2.68 bits per heavy atom. The molecule has 0 aromatic heterocycles. The van der Waals surface area contributed by atoms with Crippen LogP contribution in [0, 0.1) is 5.41 Å². The fraction of sp³-hybridized carbons (Fsp3) is 0.765. The molecule has 0 aromatic carbocycles. The Morgan fingerprint density at radius 1 is 1.11 bits per heavy atom. The van der Waals surface area contributed by atoms with Crippen LogP contribution in [0.1, 0.15) is 71.1 Å². The summed E-state index contributed by atoms with van der Waals surface area (Å²) in [4.78, 5) is 0. The first-order valence-corrected chi connectivity index (χ1v) is 7.88. The first kappa shape index (κ1) is 15.3. The summed E-state index contributed by atoms with van der Waals surface area (Å²) in [5.41, 5.74) is 3.46. The van der Waals surface area contributed by atoms with Crippen molar-refractivity contribution in [1.29, 1.82) is 0 Å². The Bertz CT molecular complexity index is 365. The quantitative estimate of drug-likeness (QED) is 0.670. The van der Waals surface area contributed by atoms with E-state index in [4.69, 9.17) is 5.32 Å². The van der Waals surface area contributed by atoms with Crippen molar-refractivity contribution in [3.63, 3.8) is 0 Å².